The summed E-state index contributed by atoms with van der Waals surface area (Å²) >= 11 is 1.68. The Hall–Kier alpha value is -2.65. The molecule has 1 aliphatic heterocycles. The molecule has 1 saturated carbocycles. The van der Waals surface area contributed by atoms with Gasteiger partial charge in [-0.3, -0.25) is 4.98 Å². The third kappa shape index (κ3) is 5.52. The van der Waals surface area contributed by atoms with E-state index in [-0.39, 0.29) is 6.10 Å². The first-order valence-electron chi connectivity index (χ1n) is 12.2. The number of thioether (sulfide) groups is 1. The smallest absolute Gasteiger partial charge is 0.189 e. The predicted octanol–water partition coefficient (Wildman–Crippen LogP) is 4.48. The highest BCUT2D eigenvalue weighted by molar-refractivity contribution is 7.99. The second-order valence-electron chi connectivity index (χ2n) is 8.81. The van der Waals surface area contributed by atoms with E-state index in [0.29, 0.717) is 6.04 Å². The van der Waals surface area contributed by atoms with Crippen molar-refractivity contribution < 1.29 is 9.47 Å². The Morgan fingerprint density at radius 2 is 1.85 bits per heavy atom. The summed E-state index contributed by atoms with van der Waals surface area (Å²) in [7, 11) is 0. The first-order chi connectivity index (χ1) is 16.7. The number of rotatable bonds is 7. The molecule has 0 atom stereocenters. The van der Waals surface area contributed by atoms with Gasteiger partial charge in [-0.15, -0.1) is 0 Å². The lowest BCUT2D eigenvalue weighted by Gasteiger charge is -2.31. The van der Waals surface area contributed by atoms with Gasteiger partial charge in [0.1, 0.15) is 17.1 Å². The molecule has 0 amide bonds. The molecule has 2 aromatic heterocycles. The number of hydrogen-bond donors (Lipinski definition) is 1. The van der Waals surface area contributed by atoms with Crippen molar-refractivity contribution >= 4 is 34.3 Å². The zero-order valence-electron chi connectivity index (χ0n) is 19.9. The molecule has 0 bridgehead atoms. The molecule has 34 heavy (non-hydrogen) atoms. The molecule has 5 rings (SSSR count). The highest BCUT2D eigenvalue weighted by Crippen LogP contribution is 2.33. The van der Waals surface area contributed by atoms with E-state index in [0.717, 1.165) is 96.9 Å². The Balaban J connectivity index is 1.25. The van der Waals surface area contributed by atoms with Crippen molar-refractivity contribution in [3.63, 3.8) is 0 Å². The number of nitrogens with zero attached hydrogens (tertiary/aromatic N) is 5. The van der Waals surface area contributed by atoms with E-state index in [4.69, 9.17) is 9.47 Å². The normalized spacial score (nSPS) is 20.9. The summed E-state index contributed by atoms with van der Waals surface area (Å²) in [5, 5.41) is 4.47. The number of ether oxygens (including phenoxy) is 2. The maximum Gasteiger partial charge on any atom is 0.189 e. The number of fused-ring (bicyclic) bond motifs is 1. The fourth-order valence-corrected chi connectivity index (χ4v) is 5.27. The Kier molecular flexibility index (Phi) is 7.30. The molecule has 0 radical (unpaired) electrons. The van der Waals surface area contributed by atoms with Crippen molar-refractivity contribution in [2.45, 2.75) is 56.8 Å². The number of morpholine rings is 1. The Morgan fingerprint density at radius 3 is 2.65 bits per heavy atom. The number of aromatic nitrogens is 4. The first kappa shape index (κ1) is 23.1. The van der Waals surface area contributed by atoms with Crippen molar-refractivity contribution in [2.24, 2.45) is 0 Å². The highest BCUT2D eigenvalue weighted by atomic mass is 32.2. The SMILES string of the molecule is CCSc1nc(C)cc(NC2CCC(Oc3cc(N4CCOCC4)cc4nccnc34)CC2)n1. The van der Waals surface area contributed by atoms with Crippen LogP contribution < -0.4 is 15.0 Å². The van der Waals surface area contributed by atoms with E-state index in [1.807, 2.05) is 13.0 Å². The zero-order chi connectivity index (χ0) is 23.3. The molecule has 180 valence electrons. The maximum absolute atomic E-state index is 6.55. The quantitative estimate of drug-likeness (QED) is 0.388. The van der Waals surface area contributed by atoms with E-state index >= 15 is 0 Å². The summed E-state index contributed by atoms with van der Waals surface area (Å²) in [5.74, 6) is 2.72. The van der Waals surface area contributed by atoms with E-state index in [9.17, 15) is 0 Å². The van der Waals surface area contributed by atoms with Crippen LogP contribution in [0.4, 0.5) is 11.5 Å². The predicted molar refractivity (Wildman–Crippen MR) is 136 cm³/mol. The number of benzene rings is 1. The molecule has 1 N–H and O–H groups in total. The second kappa shape index (κ2) is 10.7. The van der Waals surface area contributed by atoms with E-state index in [1.165, 1.54) is 0 Å². The van der Waals surface area contributed by atoms with Crippen molar-refractivity contribution in [2.75, 3.05) is 42.3 Å². The van der Waals surface area contributed by atoms with Gasteiger partial charge in [0, 0.05) is 55.0 Å². The third-order valence-corrected chi connectivity index (χ3v) is 7.06. The molecule has 1 aromatic carbocycles. The molecule has 8 nitrogen and oxygen atoms in total. The molecule has 2 aliphatic rings. The lowest BCUT2D eigenvalue weighted by atomic mass is 9.93. The van der Waals surface area contributed by atoms with Gasteiger partial charge in [0.05, 0.1) is 24.8 Å². The van der Waals surface area contributed by atoms with Crippen molar-refractivity contribution in [3.8, 4) is 5.75 Å². The van der Waals surface area contributed by atoms with Crippen molar-refractivity contribution in [3.05, 3.63) is 36.3 Å². The Bertz CT molecular complexity index is 1120. The molecule has 3 aromatic rings. The van der Waals surface area contributed by atoms with Gasteiger partial charge in [0.25, 0.3) is 0 Å². The standard InChI is InChI=1S/C25H32N6O2S/c1-3-34-25-28-17(2)14-23(30-25)29-18-4-6-20(7-5-18)33-22-16-19(31-10-12-32-13-11-31)15-21-24(22)27-9-8-26-21/h8-9,14-16,18,20H,3-7,10-13H2,1-2H3,(H,28,29,30). The molecule has 1 aliphatic carbocycles. The maximum atomic E-state index is 6.55. The molecule has 0 unspecified atom stereocenters. The van der Waals surface area contributed by atoms with Crippen LogP contribution in [0.2, 0.25) is 0 Å². The topological polar surface area (TPSA) is 85.3 Å². The summed E-state index contributed by atoms with van der Waals surface area (Å²) in [4.78, 5) is 20.6. The minimum atomic E-state index is 0.168. The van der Waals surface area contributed by atoms with Crippen LogP contribution in [0.5, 0.6) is 5.75 Å². The average molecular weight is 481 g/mol. The number of aryl methyl sites for hydroxylation is 1. The molecular weight excluding hydrogens is 448 g/mol. The molecule has 1 saturated heterocycles. The minimum absolute atomic E-state index is 0.168. The lowest BCUT2D eigenvalue weighted by Crippen LogP contribution is -2.36. The van der Waals surface area contributed by atoms with Crippen LogP contribution in [0.15, 0.2) is 35.7 Å². The van der Waals surface area contributed by atoms with Crippen LogP contribution in [0.1, 0.15) is 38.3 Å². The van der Waals surface area contributed by atoms with Crippen LogP contribution in [0, 0.1) is 6.92 Å². The molecule has 3 heterocycles. The molecule has 2 fully saturated rings. The average Bonchev–Trinajstić information content (AvgIpc) is 2.85. The Labute approximate surface area is 204 Å². The molecule has 9 heteroatoms. The van der Waals surface area contributed by atoms with Gasteiger partial charge in [-0.2, -0.15) is 0 Å². The fraction of sp³-hybridized carbons (Fsp3) is 0.520. The summed E-state index contributed by atoms with van der Waals surface area (Å²) < 4.78 is 12.1. The van der Waals surface area contributed by atoms with Gasteiger partial charge in [-0.05, 0) is 44.4 Å². The summed E-state index contributed by atoms with van der Waals surface area (Å²) in [6.07, 6.45) is 7.70. The Morgan fingerprint density at radius 1 is 1.06 bits per heavy atom. The molecule has 0 spiro atoms. The van der Waals surface area contributed by atoms with Gasteiger partial charge in [0.15, 0.2) is 5.16 Å². The molecular formula is C25H32N6O2S. The van der Waals surface area contributed by atoms with Gasteiger partial charge < -0.3 is 19.7 Å². The number of anilines is 2. The van der Waals surface area contributed by atoms with Gasteiger partial charge in [0.2, 0.25) is 0 Å². The van der Waals surface area contributed by atoms with E-state index < -0.39 is 0 Å². The summed E-state index contributed by atoms with van der Waals surface area (Å²) in [5.41, 5.74) is 3.83. The monoisotopic (exact) mass is 480 g/mol. The summed E-state index contributed by atoms with van der Waals surface area (Å²) in [6, 6.07) is 6.66. The largest absolute Gasteiger partial charge is 0.488 e. The van der Waals surface area contributed by atoms with Crippen LogP contribution in [0.25, 0.3) is 11.0 Å². The van der Waals surface area contributed by atoms with E-state index in [2.05, 4.69) is 49.2 Å². The minimum Gasteiger partial charge on any atom is -0.488 e. The van der Waals surface area contributed by atoms with Gasteiger partial charge in [-0.25, -0.2) is 15.0 Å². The van der Waals surface area contributed by atoms with Crippen molar-refractivity contribution in [1.29, 1.82) is 0 Å². The highest BCUT2D eigenvalue weighted by Gasteiger charge is 2.24. The zero-order valence-corrected chi connectivity index (χ0v) is 20.7. The van der Waals surface area contributed by atoms with Crippen LogP contribution in [-0.2, 0) is 4.74 Å². The second-order valence-corrected chi connectivity index (χ2v) is 10.0. The van der Waals surface area contributed by atoms with Gasteiger partial charge in [-0.1, -0.05) is 18.7 Å². The number of hydrogen-bond acceptors (Lipinski definition) is 9. The van der Waals surface area contributed by atoms with Gasteiger partial charge >= 0.3 is 0 Å². The summed E-state index contributed by atoms with van der Waals surface area (Å²) in [6.45, 7) is 7.39. The van der Waals surface area contributed by atoms with Crippen LogP contribution in [-0.4, -0.2) is 64.1 Å². The number of nitrogens with one attached hydrogen (secondary N) is 1. The van der Waals surface area contributed by atoms with Crippen LogP contribution in [0.3, 0.4) is 0 Å². The van der Waals surface area contributed by atoms with Crippen LogP contribution >= 0.6 is 11.8 Å². The lowest BCUT2D eigenvalue weighted by molar-refractivity contribution is 0.122. The fourth-order valence-electron chi connectivity index (χ4n) is 4.65. The van der Waals surface area contributed by atoms with Crippen molar-refractivity contribution in [1.82, 2.24) is 19.9 Å². The third-order valence-electron chi connectivity index (χ3n) is 6.33. The van der Waals surface area contributed by atoms with E-state index in [1.54, 1.807) is 24.2 Å². The first-order valence-corrected chi connectivity index (χ1v) is 13.2.